The third kappa shape index (κ3) is 3.44. The average molecular weight is 342 g/mol. The number of aromatic nitrogens is 3. The number of carbonyl (C=O) groups excluding carboxylic acids is 1. The smallest absolute Gasteiger partial charge is 0.249 e. The van der Waals surface area contributed by atoms with E-state index >= 15 is 0 Å². The normalized spacial score (nSPS) is 21.2. The summed E-state index contributed by atoms with van der Waals surface area (Å²) in [6.07, 6.45) is 0.640. The van der Waals surface area contributed by atoms with Crippen molar-refractivity contribution in [2.75, 3.05) is 6.61 Å². The molecule has 134 valence electrons. The summed E-state index contributed by atoms with van der Waals surface area (Å²) in [4.78, 5) is 19.1. The molecule has 0 bridgehead atoms. The molecule has 1 fully saturated rings. The molecule has 1 aliphatic heterocycles. The van der Waals surface area contributed by atoms with Gasteiger partial charge in [-0.15, -0.1) is 0 Å². The molecule has 6 heteroatoms. The second-order valence-corrected chi connectivity index (χ2v) is 6.72. The van der Waals surface area contributed by atoms with Gasteiger partial charge in [-0.25, -0.2) is 9.67 Å². The minimum absolute atomic E-state index is 0.0124. The Morgan fingerprint density at radius 3 is 2.64 bits per heavy atom. The van der Waals surface area contributed by atoms with Crippen molar-refractivity contribution in [3.63, 3.8) is 0 Å². The molecule has 1 aromatic carbocycles. The fourth-order valence-electron chi connectivity index (χ4n) is 3.50. The van der Waals surface area contributed by atoms with Crippen molar-refractivity contribution in [2.24, 2.45) is 0 Å². The second kappa shape index (κ2) is 7.35. The van der Waals surface area contributed by atoms with Gasteiger partial charge in [0, 0.05) is 12.6 Å². The van der Waals surface area contributed by atoms with E-state index in [-0.39, 0.29) is 30.7 Å². The first-order valence-electron chi connectivity index (χ1n) is 8.92. The lowest BCUT2D eigenvalue weighted by molar-refractivity contribution is -0.162. The Bertz CT molecular complexity index is 726. The number of hydrogen-bond acceptors (Lipinski definition) is 4. The predicted molar refractivity (Wildman–Crippen MR) is 94.9 cm³/mol. The van der Waals surface area contributed by atoms with Gasteiger partial charge in [-0.2, -0.15) is 5.10 Å². The maximum atomic E-state index is 12.6. The Labute approximate surface area is 148 Å². The number of ether oxygens (including phenoxy) is 1. The van der Waals surface area contributed by atoms with Crippen molar-refractivity contribution in [3.8, 4) is 0 Å². The molecule has 1 amide bonds. The zero-order valence-electron chi connectivity index (χ0n) is 15.3. The monoisotopic (exact) mass is 342 g/mol. The standard InChI is InChI=1S/C19H26N4O2/c1-5-11-22-19(20-14(4)21-22)18-17(15-9-7-6-8-10-15)23(13(2)3)16(24)12-25-18/h6-10,13,17-18H,5,11-12H2,1-4H3/t17-,18+/m1/s1. The van der Waals surface area contributed by atoms with E-state index in [4.69, 9.17) is 4.74 Å². The van der Waals surface area contributed by atoms with Crippen molar-refractivity contribution >= 4 is 5.91 Å². The minimum Gasteiger partial charge on any atom is -0.358 e. The molecule has 0 aliphatic carbocycles. The Kier molecular flexibility index (Phi) is 5.18. The lowest BCUT2D eigenvalue weighted by Gasteiger charge is -2.43. The van der Waals surface area contributed by atoms with E-state index in [1.807, 2.05) is 60.7 Å². The first-order valence-corrected chi connectivity index (χ1v) is 8.92. The highest BCUT2D eigenvalue weighted by Crippen LogP contribution is 2.40. The van der Waals surface area contributed by atoms with E-state index in [0.717, 1.165) is 30.2 Å². The van der Waals surface area contributed by atoms with Gasteiger partial charge in [0.2, 0.25) is 5.91 Å². The summed E-state index contributed by atoms with van der Waals surface area (Å²) in [6.45, 7) is 8.94. The van der Waals surface area contributed by atoms with Gasteiger partial charge in [-0.3, -0.25) is 4.79 Å². The Morgan fingerprint density at radius 1 is 1.28 bits per heavy atom. The van der Waals surface area contributed by atoms with Gasteiger partial charge >= 0.3 is 0 Å². The molecule has 2 atom stereocenters. The molecule has 1 saturated heterocycles. The van der Waals surface area contributed by atoms with Crippen LogP contribution in [0.15, 0.2) is 30.3 Å². The van der Waals surface area contributed by atoms with E-state index in [9.17, 15) is 4.79 Å². The Hall–Kier alpha value is -2.21. The molecule has 2 heterocycles. The van der Waals surface area contributed by atoms with Crippen LogP contribution in [0.4, 0.5) is 0 Å². The van der Waals surface area contributed by atoms with Crippen LogP contribution in [0, 0.1) is 6.92 Å². The lowest BCUT2D eigenvalue weighted by Crippen LogP contribution is -2.49. The fraction of sp³-hybridized carbons (Fsp3) is 0.526. The highest BCUT2D eigenvalue weighted by molar-refractivity contribution is 5.79. The van der Waals surface area contributed by atoms with Crippen LogP contribution in [-0.4, -0.2) is 38.2 Å². The third-order valence-corrected chi connectivity index (χ3v) is 4.45. The van der Waals surface area contributed by atoms with Crippen molar-refractivity contribution < 1.29 is 9.53 Å². The molecule has 1 aromatic heterocycles. The number of benzene rings is 1. The molecule has 0 radical (unpaired) electrons. The number of amides is 1. The quantitative estimate of drug-likeness (QED) is 0.838. The van der Waals surface area contributed by atoms with Gasteiger partial charge in [0.25, 0.3) is 0 Å². The molecule has 25 heavy (non-hydrogen) atoms. The number of carbonyl (C=O) groups is 1. The molecular weight excluding hydrogens is 316 g/mol. The van der Waals surface area contributed by atoms with E-state index in [1.54, 1.807) is 0 Å². The molecule has 0 spiro atoms. The minimum atomic E-state index is -0.324. The molecule has 0 N–H and O–H groups in total. The lowest BCUT2D eigenvalue weighted by atomic mass is 9.95. The number of nitrogens with zero attached hydrogens (tertiary/aromatic N) is 4. The molecular formula is C19H26N4O2. The predicted octanol–water partition coefficient (Wildman–Crippen LogP) is 3.05. The zero-order valence-corrected chi connectivity index (χ0v) is 15.3. The number of rotatable bonds is 5. The largest absolute Gasteiger partial charge is 0.358 e. The maximum Gasteiger partial charge on any atom is 0.249 e. The Morgan fingerprint density at radius 2 is 2.00 bits per heavy atom. The molecule has 3 rings (SSSR count). The highest BCUT2D eigenvalue weighted by atomic mass is 16.5. The summed E-state index contributed by atoms with van der Waals surface area (Å²) in [5.74, 6) is 1.54. The van der Waals surface area contributed by atoms with Crippen molar-refractivity contribution in [3.05, 3.63) is 47.5 Å². The number of aryl methyl sites for hydroxylation is 2. The SMILES string of the molecule is CCCn1nc(C)nc1[C@H]1OCC(=O)N(C(C)C)[C@@H]1c1ccccc1. The summed E-state index contributed by atoms with van der Waals surface area (Å²) in [6, 6.07) is 9.92. The van der Waals surface area contributed by atoms with Gasteiger partial charge in [0.1, 0.15) is 18.5 Å². The first kappa shape index (κ1) is 17.6. The van der Waals surface area contributed by atoms with Crippen LogP contribution in [0.3, 0.4) is 0 Å². The third-order valence-electron chi connectivity index (χ3n) is 4.45. The maximum absolute atomic E-state index is 12.6. The molecule has 1 aliphatic rings. The van der Waals surface area contributed by atoms with Gasteiger partial charge in [-0.05, 0) is 32.8 Å². The number of hydrogen-bond donors (Lipinski definition) is 0. The van der Waals surface area contributed by atoms with E-state index < -0.39 is 0 Å². The first-order chi connectivity index (χ1) is 12.0. The van der Waals surface area contributed by atoms with E-state index in [2.05, 4.69) is 17.0 Å². The fourth-order valence-corrected chi connectivity index (χ4v) is 3.50. The van der Waals surface area contributed by atoms with Crippen LogP contribution in [-0.2, 0) is 16.1 Å². The van der Waals surface area contributed by atoms with E-state index in [1.165, 1.54) is 0 Å². The van der Waals surface area contributed by atoms with Crippen LogP contribution in [0.25, 0.3) is 0 Å². The van der Waals surface area contributed by atoms with Crippen molar-refractivity contribution in [2.45, 2.75) is 58.8 Å². The topological polar surface area (TPSA) is 60.2 Å². The summed E-state index contributed by atoms with van der Waals surface area (Å²) in [5.41, 5.74) is 1.05. The summed E-state index contributed by atoms with van der Waals surface area (Å²) < 4.78 is 7.93. The zero-order chi connectivity index (χ0) is 18.0. The number of morpholine rings is 1. The van der Waals surface area contributed by atoms with Gasteiger partial charge < -0.3 is 9.64 Å². The van der Waals surface area contributed by atoms with Crippen molar-refractivity contribution in [1.29, 1.82) is 0 Å². The van der Waals surface area contributed by atoms with Crippen LogP contribution >= 0.6 is 0 Å². The van der Waals surface area contributed by atoms with Gasteiger partial charge in [-0.1, -0.05) is 37.3 Å². The van der Waals surface area contributed by atoms with Gasteiger partial charge in [0.05, 0.1) is 6.04 Å². The highest BCUT2D eigenvalue weighted by Gasteiger charge is 2.42. The van der Waals surface area contributed by atoms with Crippen molar-refractivity contribution in [1.82, 2.24) is 19.7 Å². The average Bonchev–Trinajstić information content (AvgIpc) is 2.95. The van der Waals surface area contributed by atoms with Crippen LogP contribution in [0.2, 0.25) is 0 Å². The van der Waals surface area contributed by atoms with E-state index in [0.29, 0.717) is 0 Å². The van der Waals surface area contributed by atoms with Crippen LogP contribution < -0.4 is 0 Å². The summed E-state index contributed by atoms with van der Waals surface area (Å²) in [5, 5.41) is 4.51. The second-order valence-electron chi connectivity index (χ2n) is 6.72. The van der Waals surface area contributed by atoms with Gasteiger partial charge in [0.15, 0.2) is 5.82 Å². The van der Waals surface area contributed by atoms with Crippen LogP contribution in [0.1, 0.15) is 56.6 Å². The Balaban J connectivity index is 2.09. The molecule has 0 unspecified atom stereocenters. The summed E-state index contributed by atoms with van der Waals surface area (Å²) in [7, 11) is 0. The molecule has 0 saturated carbocycles. The molecule has 2 aromatic rings. The summed E-state index contributed by atoms with van der Waals surface area (Å²) >= 11 is 0. The van der Waals surface area contributed by atoms with Crippen LogP contribution in [0.5, 0.6) is 0 Å². The molecule has 6 nitrogen and oxygen atoms in total.